The third kappa shape index (κ3) is 2.45. The zero-order chi connectivity index (χ0) is 9.86. The molecule has 0 saturated carbocycles. The summed E-state index contributed by atoms with van der Waals surface area (Å²) in [5.41, 5.74) is 0. The van der Waals surface area contributed by atoms with Gasteiger partial charge in [0.05, 0.1) is 19.5 Å². The quantitative estimate of drug-likeness (QED) is 0.775. The van der Waals surface area contributed by atoms with Gasteiger partial charge in [0, 0.05) is 13.0 Å². The highest BCUT2D eigenvalue weighted by molar-refractivity contribution is 7.51. The van der Waals surface area contributed by atoms with Crippen LogP contribution in [0.15, 0.2) is 22.8 Å². The predicted molar refractivity (Wildman–Crippen MR) is 49.9 cm³/mol. The molecule has 14 heavy (non-hydrogen) atoms. The molecule has 0 aliphatic carbocycles. The van der Waals surface area contributed by atoms with Crippen LogP contribution in [0.4, 0.5) is 0 Å². The molecule has 1 N–H and O–H groups in total. The molecule has 1 aromatic rings. The van der Waals surface area contributed by atoms with E-state index < -0.39 is 7.75 Å². The lowest BCUT2D eigenvalue weighted by Crippen LogP contribution is -2.06. The van der Waals surface area contributed by atoms with Gasteiger partial charge >= 0.3 is 7.75 Å². The van der Waals surface area contributed by atoms with Crippen molar-refractivity contribution >= 4 is 7.75 Å². The SMILES string of the molecule is O=P1(OCCc2ccco2)NCCO1. The van der Waals surface area contributed by atoms with Crippen molar-refractivity contribution in [2.75, 3.05) is 19.8 Å². The van der Waals surface area contributed by atoms with Gasteiger partial charge in [-0.1, -0.05) is 0 Å². The number of nitrogens with one attached hydrogen (secondary N) is 1. The van der Waals surface area contributed by atoms with Crippen molar-refractivity contribution in [3.8, 4) is 0 Å². The van der Waals surface area contributed by atoms with Crippen LogP contribution in [0.2, 0.25) is 0 Å². The van der Waals surface area contributed by atoms with E-state index in [1.807, 2.05) is 12.1 Å². The van der Waals surface area contributed by atoms with E-state index in [0.29, 0.717) is 26.2 Å². The first-order valence-electron chi connectivity index (χ1n) is 4.45. The Morgan fingerprint density at radius 2 is 2.57 bits per heavy atom. The summed E-state index contributed by atoms with van der Waals surface area (Å²) >= 11 is 0. The normalized spacial score (nSPS) is 26.9. The second kappa shape index (κ2) is 4.28. The molecule has 1 unspecified atom stereocenters. The summed E-state index contributed by atoms with van der Waals surface area (Å²) in [7, 11) is -2.98. The van der Waals surface area contributed by atoms with Crippen molar-refractivity contribution in [3.05, 3.63) is 24.2 Å². The van der Waals surface area contributed by atoms with Crippen molar-refractivity contribution in [2.45, 2.75) is 6.42 Å². The molecule has 2 heterocycles. The van der Waals surface area contributed by atoms with Crippen molar-refractivity contribution in [3.63, 3.8) is 0 Å². The zero-order valence-electron chi connectivity index (χ0n) is 7.64. The molecule has 0 spiro atoms. The van der Waals surface area contributed by atoms with E-state index in [2.05, 4.69) is 5.09 Å². The maximum Gasteiger partial charge on any atom is 0.405 e. The Kier molecular flexibility index (Phi) is 3.03. The van der Waals surface area contributed by atoms with Gasteiger partial charge < -0.3 is 4.42 Å². The summed E-state index contributed by atoms with van der Waals surface area (Å²) in [4.78, 5) is 0. The summed E-state index contributed by atoms with van der Waals surface area (Å²) in [5.74, 6) is 0.816. The number of furan rings is 1. The van der Waals surface area contributed by atoms with Gasteiger partial charge in [-0.2, -0.15) is 0 Å². The van der Waals surface area contributed by atoms with Crippen LogP contribution in [0.25, 0.3) is 0 Å². The minimum absolute atomic E-state index is 0.331. The van der Waals surface area contributed by atoms with Crippen molar-refractivity contribution < 1.29 is 18.0 Å². The lowest BCUT2D eigenvalue weighted by atomic mass is 10.3. The summed E-state index contributed by atoms with van der Waals surface area (Å²) in [6.07, 6.45) is 2.20. The summed E-state index contributed by atoms with van der Waals surface area (Å²) in [6.45, 7) is 1.36. The van der Waals surface area contributed by atoms with Crippen LogP contribution in [0.3, 0.4) is 0 Å². The van der Waals surface area contributed by atoms with E-state index >= 15 is 0 Å². The van der Waals surface area contributed by atoms with Gasteiger partial charge in [-0.15, -0.1) is 0 Å². The molecule has 1 saturated heterocycles. The lowest BCUT2D eigenvalue weighted by Gasteiger charge is -2.09. The van der Waals surface area contributed by atoms with Crippen LogP contribution >= 0.6 is 7.75 Å². The number of hydrogen-bond donors (Lipinski definition) is 1. The fourth-order valence-electron chi connectivity index (χ4n) is 1.20. The second-order valence-corrected chi connectivity index (χ2v) is 4.73. The standard InChI is InChI=1S/C8H12NO4P/c10-14(9-4-7-13-14)12-6-3-8-2-1-5-11-8/h1-2,5H,3-4,6-7H2,(H,9,10). The average Bonchev–Trinajstić information content (AvgIpc) is 2.77. The first-order valence-corrected chi connectivity index (χ1v) is 5.99. The Hall–Kier alpha value is -0.610. The molecule has 0 bridgehead atoms. The molecule has 1 aliphatic rings. The first kappa shape index (κ1) is 9.93. The first-order chi connectivity index (χ1) is 6.79. The van der Waals surface area contributed by atoms with Gasteiger partial charge in [-0.3, -0.25) is 9.05 Å². The van der Waals surface area contributed by atoms with Crippen molar-refractivity contribution in [1.29, 1.82) is 0 Å². The molecule has 0 radical (unpaired) electrons. The van der Waals surface area contributed by atoms with Gasteiger partial charge in [0.15, 0.2) is 0 Å². The summed E-state index contributed by atoms with van der Waals surface area (Å²) < 4.78 is 26.7. The highest BCUT2D eigenvalue weighted by Crippen LogP contribution is 2.46. The van der Waals surface area contributed by atoms with E-state index in [-0.39, 0.29) is 0 Å². The van der Waals surface area contributed by atoms with Crippen LogP contribution in [-0.4, -0.2) is 19.8 Å². The van der Waals surface area contributed by atoms with Crippen LogP contribution in [-0.2, 0) is 20.0 Å². The molecule has 1 fully saturated rings. The maximum absolute atomic E-state index is 11.6. The Balaban J connectivity index is 1.75. The highest BCUT2D eigenvalue weighted by atomic mass is 31.2. The van der Waals surface area contributed by atoms with Gasteiger partial charge in [0.1, 0.15) is 5.76 Å². The third-order valence-electron chi connectivity index (χ3n) is 1.86. The molecule has 1 aromatic heterocycles. The van der Waals surface area contributed by atoms with Crippen molar-refractivity contribution in [1.82, 2.24) is 5.09 Å². The van der Waals surface area contributed by atoms with Gasteiger partial charge in [0.25, 0.3) is 0 Å². The van der Waals surface area contributed by atoms with Crippen LogP contribution in [0, 0.1) is 0 Å². The molecule has 2 rings (SSSR count). The highest BCUT2D eigenvalue weighted by Gasteiger charge is 2.28. The summed E-state index contributed by atoms with van der Waals surface area (Å²) in [5, 5.41) is 2.69. The molecule has 1 aliphatic heterocycles. The zero-order valence-corrected chi connectivity index (χ0v) is 8.54. The smallest absolute Gasteiger partial charge is 0.405 e. The number of hydrogen-bond acceptors (Lipinski definition) is 4. The molecule has 1 atom stereocenters. The molecule has 6 heteroatoms. The van der Waals surface area contributed by atoms with Gasteiger partial charge in [-0.05, 0) is 12.1 Å². The third-order valence-corrected chi connectivity index (χ3v) is 3.51. The monoisotopic (exact) mass is 217 g/mol. The minimum Gasteiger partial charge on any atom is -0.469 e. The predicted octanol–water partition coefficient (Wildman–Crippen LogP) is 1.57. The van der Waals surface area contributed by atoms with Gasteiger partial charge in [-0.25, -0.2) is 9.65 Å². The fourth-order valence-corrected chi connectivity index (χ4v) is 2.48. The minimum atomic E-state index is -2.98. The molecule has 0 aromatic carbocycles. The van der Waals surface area contributed by atoms with Crippen LogP contribution < -0.4 is 5.09 Å². The molecule has 0 amide bonds. The topological polar surface area (TPSA) is 60.7 Å². The van der Waals surface area contributed by atoms with E-state index in [9.17, 15) is 4.57 Å². The van der Waals surface area contributed by atoms with E-state index in [1.165, 1.54) is 0 Å². The van der Waals surface area contributed by atoms with Crippen LogP contribution in [0.1, 0.15) is 5.76 Å². The molecule has 78 valence electrons. The Bertz CT molecular complexity index is 314. The molecular formula is C8H12NO4P. The molecular weight excluding hydrogens is 205 g/mol. The Labute approximate surface area is 82.0 Å². The largest absolute Gasteiger partial charge is 0.469 e. The average molecular weight is 217 g/mol. The van der Waals surface area contributed by atoms with Crippen LogP contribution in [0.5, 0.6) is 0 Å². The Morgan fingerprint density at radius 3 is 3.21 bits per heavy atom. The van der Waals surface area contributed by atoms with E-state index in [0.717, 1.165) is 5.76 Å². The maximum atomic E-state index is 11.6. The Morgan fingerprint density at radius 1 is 1.64 bits per heavy atom. The second-order valence-electron chi connectivity index (χ2n) is 2.90. The van der Waals surface area contributed by atoms with Gasteiger partial charge in [0.2, 0.25) is 0 Å². The van der Waals surface area contributed by atoms with E-state index in [4.69, 9.17) is 13.5 Å². The fraction of sp³-hybridized carbons (Fsp3) is 0.500. The lowest BCUT2D eigenvalue weighted by molar-refractivity contribution is 0.227. The van der Waals surface area contributed by atoms with E-state index in [1.54, 1.807) is 6.26 Å². The summed E-state index contributed by atoms with van der Waals surface area (Å²) in [6, 6.07) is 3.66. The van der Waals surface area contributed by atoms with Crippen molar-refractivity contribution in [2.24, 2.45) is 0 Å². The number of rotatable bonds is 4. The molecule has 5 nitrogen and oxygen atoms in total.